The molecule has 0 atom stereocenters. The van der Waals surface area contributed by atoms with Crippen LogP contribution in [0, 0.1) is 25.2 Å². The molecule has 23 heavy (non-hydrogen) atoms. The number of rotatable bonds is 7. The van der Waals surface area contributed by atoms with E-state index in [2.05, 4.69) is 10.3 Å². The molecule has 0 saturated carbocycles. The quantitative estimate of drug-likeness (QED) is 0.570. The summed E-state index contributed by atoms with van der Waals surface area (Å²) in [7, 11) is 0. The summed E-state index contributed by atoms with van der Waals surface area (Å²) in [4.78, 5) is 38.1. The zero-order valence-electron chi connectivity index (χ0n) is 13.3. The predicted molar refractivity (Wildman–Crippen MR) is 79.7 cm³/mol. The molecule has 8 heteroatoms. The molecule has 2 N–H and O–H groups in total. The number of nitrogens with one attached hydrogen (secondary N) is 2. The number of esters is 2. The number of aryl methyl sites for hydroxylation is 1. The molecule has 0 aliphatic rings. The highest BCUT2D eigenvalue weighted by molar-refractivity contribution is 5.99. The fraction of sp³-hybridized carbons (Fsp3) is 0.467. The molecule has 0 saturated heterocycles. The van der Waals surface area contributed by atoms with Gasteiger partial charge in [-0.15, -0.1) is 0 Å². The zero-order chi connectivity index (χ0) is 17.4. The Morgan fingerprint density at radius 1 is 1.22 bits per heavy atom. The summed E-state index contributed by atoms with van der Waals surface area (Å²) < 4.78 is 9.83. The van der Waals surface area contributed by atoms with E-state index in [1.807, 2.05) is 6.07 Å². The zero-order valence-corrected chi connectivity index (χ0v) is 13.3. The topological polar surface area (TPSA) is 121 Å². The second-order valence-corrected chi connectivity index (χ2v) is 4.68. The van der Waals surface area contributed by atoms with Crippen molar-refractivity contribution in [2.75, 3.05) is 19.8 Å². The SMILES string of the molecule is CCOC(=O)c1[nH]c(C)c(C(=O)OCC(=O)NCCC#N)c1C. The summed E-state index contributed by atoms with van der Waals surface area (Å²) in [5, 5.41) is 10.8. The average molecular weight is 321 g/mol. The maximum Gasteiger partial charge on any atom is 0.355 e. The van der Waals surface area contributed by atoms with Gasteiger partial charge in [-0.05, 0) is 26.3 Å². The number of carbonyl (C=O) groups is 3. The van der Waals surface area contributed by atoms with Gasteiger partial charge in [-0.2, -0.15) is 5.26 Å². The molecular weight excluding hydrogens is 302 g/mol. The second-order valence-electron chi connectivity index (χ2n) is 4.68. The van der Waals surface area contributed by atoms with E-state index in [4.69, 9.17) is 14.7 Å². The van der Waals surface area contributed by atoms with Crippen LogP contribution in [0.25, 0.3) is 0 Å². The predicted octanol–water partition coefficient (Wildman–Crippen LogP) is 0.995. The van der Waals surface area contributed by atoms with Crippen molar-refractivity contribution in [3.8, 4) is 6.07 Å². The van der Waals surface area contributed by atoms with Gasteiger partial charge >= 0.3 is 11.9 Å². The normalized spacial score (nSPS) is 9.83. The van der Waals surface area contributed by atoms with Crippen LogP contribution in [0.3, 0.4) is 0 Å². The molecule has 1 heterocycles. The van der Waals surface area contributed by atoms with Crippen LogP contribution in [-0.4, -0.2) is 42.6 Å². The average Bonchev–Trinajstić information content (AvgIpc) is 2.80. The summed E-state index contributed by atoms with van der Waals surface area (Å²) in [5.41, 5.74) is 1.27. The van der Waals surface area contributed by atoms with Crippen LogP contribution in [0.1, 0.15) is 45.4 Å². The number of aromatic nitrogens is 1. The monoisotopic (exact) mass is 321 g/mol. The summed E-state index contributed by atoms with van der Waals surface area (Å²) in [6.45, 7) is 4.87. The lowest BCUT2D eigenvalue weighted by molar-refractivity contribution is -0.124. The Balaban J connectivity index is 2.72. The third-order valence-electron chi connectivity index (χ3n) is 3.01. The van der Waals surface area contributed by atoms with Gasteiger partial charge in [0.25, 0.3) is 5.91 Å². The van der Waals surface area contributed by atoms with Crippen molar-refractivity contribution >= 4 is 17.8 Å². The lowest BCUT2D eigenvalue weighted by Gasteiger charge is -2.06. The van der Waals surface area contributed by atoms with E-state index in [1.165, 1.54) is 0 Å². The molecule has 1 aromatic rings. The van der Waals surface area contributed by atoms with Crippen LogP contribution < -0.4 is 5.32 Å². The molecule has 0 aromatic carbocycles. The van der Waals surface area contributed by atoms with Gasteiger partial charge in [0.2, 0.25) is 0 Å². The summed E-state index contributed by atoms with van der Waals surface area (Å²) in [5.74, 6) is -1.76. The lowest BCUT2D eigenvalue weighted by Crippen LogP contribution is -2.29. The van der Waals surface area contributed by atoms with E-state index >= 15 is 0 Å². The van der Waals surface area contributed by atoms with Crippen molar-refractivity contribution in [2.45, 2.75) is 27.2 Å². The number of aromatic amines is 1. The Morgan fingerprint density at radius 2 is 1.91 bits per heavy atom. The van der Waals surface area contributed by atoms with Crippen molar-refractivity contribution in [3.63, 3.8) is 0 Å². The van der Waals surface area contributed by atoms with Crippen molar-refractivity contribution in [3.05, 3.63) is 22.5 Å². The van der Waals surface area contributed by atoms with Crippen LogP contribution in [-0.2, 0) is 14.3 Å². The Morgan fingerprint density at radius 3 is 2.52 bits per heavy atom. The van der Waals surface area contributed by atoms with Crippen molar-refractivity contribution in [2.24, 2.45) is 0 Å². The highest BCUT2D eigenvalue weighted by atomic mass is 16.5. The Kier molecular flexibility index (Phi) is 6.80. The van der Waals surface area contributed by atoms with Crippen molar-refractivity contribution in [1.82, 2.24) is 10.3 Å². The maximum absolute atomic E-state index is 12.1. The molecule has 0 unspecified atom stereocenters. The molecule has 0 radical (unpaired) electrons. The van der Waals surface area contributed by atoms with Gasteiger partial charge in [0.1, 0.15) is 5.69 Å². The van der Waals surface area contributed by atoms with Crippen LogP contribution >= 0.6 is 0 Å². The number of carbonyl (C=O) groups excluding carboxylic acids is 3. The third-order valence-corrected chi connectivity index (χ3v) is 3.01. The van der Waals surface area contributed by atoms with Gasteiger partial charge in [0.05, 0.1) is 24.7 Å². The van der Waals surface area contributed by atoms with E-state index in [-0.39, 0.29) is 30.8 Å². The van der Waals surface area contributed by atoms with Gasteiger partial charge < -0.3 is 19.8 Å². The molecule has 0 spiro atoms. The summed E-state index contributed by atoms with van der Waals surface area (Å²) in [6, 6.07) is 1.88. The highest BCUT2D eigenvalue weighted by Crippen LogP contribution is 2.19. The number of amides is 1. The molecule has 124 valence electrons. The first-order valence-corrected chi connectivity index (χ1v) is 7.09. The van der Waals surface area contributed by atoms with E-state index in [0.29, 0.717) is 11.3 Å². The van der Waals surface area contributed by atoms with Gasteiger partial charge in [-0.25, -0.2) is 9.59 Å². The molecule has 0 aliphatic heterocycles. The van der Waals surface area contributed by atoms with Crippen LogP contribution in [0.4, 0.5) is 0 Å². The number of nitriles is 1. The molecular formula is C15H19N3O5. The van der Waals surface area contributed by atoms with Crippen LogP contribution in [0.2, 0.25) is 0 Å². The molecule has 8 nitrogen and oxygen atoms in total. The van der Waals surface area contributed by atoms with Gasteiger partial charge in [0, 0.05) is 12.2 Å². The summed E-state index contributed by atoms with van der Waals surface area (Å²) in [6.07, 6.45) is 0.179. The maximum atomic E-state index is 12.1. The van der Waals surface area contributed by atoms with Crippen molar-refractivity contribution in [1.29, 1.82) is 5.26 Å². The number of nitrogens with zero attached hydrogens (tertiary/aromatic N) is 1. The number of hydrogen-bond donors (Lipinski definition) is 2. The molecule has 0 bridgehead atoms. The standard InChI is InChI=1S/C15H19N3O5/c1-4-22-15(21)13-9(2)12(10(3)18-13)14(20)23-8-11(19)17-7-5-6-16/h18H,4-5,7-8H2,1-3H3,(H,17,19). The van der Waals surface area contributed by atoms with Crippen LogP contribution in [0.5, 0.6) is 0 Å². The molecule has 1 aromatic heterocycles. The number of ether oxygens (including phenoxy) is 2. The van der Waals surface area contributed by atoms with Crippen LogP contribution in [0.15, 0.2) is 0 Å². The minimum Gasteiger partial charge on any atom is -0.461 e. The molecule has 0 fully saturated rings. The Bertz CT molecular complexity index is 642. The van der Waals surface area contributed by atoms with Gasteiger partial charge in [-0.1, -0.05) is 0 Å². The minimum absolute atomic E-state index is 0.179. The molecule has 0 aliphatic carbocycles. The molecule has 1 rings (SSSR count). The second kappa shape index (κ2) is 8.58. The lowest BCUT2D eigenvalue weighted by atomic mass is 10.1. The van der Waals surface area contributed by atoms with E-state index in [0.717, 1.165) is 0 Å². The summed E-state index contributed by atoms with van der Waals surface area (Å²) >= 11 is 0. The fourth-order valence-electron chi connectivity index (χ4n) is 1.98. The van der Waals surface area contributed by atoms with Crippen molar-refractivity contribution < 1.29 is 23.9 Å². The Labute approximate surface area is 133 Å². The first kappa shape index (κ1) is 18.2. The minimum atomic E-state index is -0.706. The first-order chi connectivity index (χ1) is 10.9. The number of H-pyrrole nitrogens is 1. The Hall–Kier alpha value is -2.82. The largest absolute Gasteiger partial charge is 0.461 e. The van der Waals surface area contributed by atoms with Gasteiger partial charge in [0.15, 0.2) is 6.61 Å². The van der Waals surface area contributed by atoms with Gasteiger partial charge in [-0.3, -0.25) is 4.79 Å². The molecule has 1 amide bonds. The third kappa shape index (κ3) is 4.85. The first-order valence-electron chi connectivity index (χ1n) is 7.09. The fourth-order valence-corrected chi connectivity index (χ4v) is 1.98. The van der Waals surface area contributed by atoms with E-state index in [1.54, 1.807) is 20.8 Å². The smallest absolute Gasteiger partial charge is 0.355 e. The highest BCUT2D eigenvalue weighted by Gasteiger charge is 2.24. The number of hydrogen-bond acceptors (Lipinski definition) is 6. The van der Waals surface area contributed by atoms with E-state index in [9.17, 15) is 14.4 Å². The van der Waals surface area contributed by atoms with E-state index < -0.39 is 24.5 Å².